The van der Waals surface area contributed by atoms with E-state index in [1.54, 1.807) is 4.90 Å². The van der Waals surface area contributed by atoms with Gasteiger partial charge < -0.3 is 36.2 Å². The number of terminal acetylenes is 1. The summed E-state index contributed by atoms with van der Waals surface area (Å²) in [6, 6.07) is -4.20. The number of alkyl carbamates (subject to hydrolysis) is 1. The summed E-state index contributed by atoms with van der Waals surface area (Å²) in [6.07, 6.45) is 10.8. The molecule has 2 saturated carbocycles. The van der Waals surface area contributed by atoms with Crippen molar-refractivity contribution in [1.29, 1.82) is 0 Å². The molecule has 0 aromatic carbocycles. The molecule has 2 aliphatic carbocycles. The molecule has 3 fully saturated rings. The molecule has 1 heterocycles. The van der Waals surface area contributed by atoms with Crippen LogP contribution in [0.5, 0.6) is 0 Å². The molecule has 3 aliphatic rings. The van der Waals surface area contributed by atoms with Crippen molar-refractivity contribution in [1.82, 2.24) is 31.5 Å². The Balaban J connectivity index is 1.87. The lowest BCUT2D eigenvalue weighted by Gasteiger charge is -2.43. The van der Waals surface area contributed by atoms with Crippen molar-refractivity contribution in [3.05, 3.63) is 12.7 Å². The molecular formula is C39H62N6O7. The standard InChI is InChI=1S/C39H62N6O7/c1-11-13-17-26(30(46)33(48)40-20-12-2)42-32(47)29-28-25(38(28,8)9)22-45(29)34(49)31(39(10)18-15-14-16-19-39)44-35(50)43-27(37(5,6)7)23-52-36(51)41-21-24(3)4/h1,12,24-29,31H,2,13-23H2,3-10H3,(H,40,48)(H,41,51)(H,42,47)(H2,43,44,50)/t25-,26?,27?,28-,29?,31?/m0/s1. The number of piperidine rings is 1. The van der Waals surface area contributed by atoms with Gasteiger partial charge in [0.1, 0.15) is 18.7 Å². The van der Waals surface area contributed by atoms with Crippen LogP contribution in [-0.2, 0) is 23.9 Å². The van der Waals surface area contributed by atoms with E-state index in [0.29, 0.717) is 25.9 Å². The molecule has 0 aromatic rings. The lowest BCUT2D eigenvalue weighted by Crippen LogP contribution is -2.63. The minimum absolute atomic E-state index is 0.0425. The van der Waals surface area contributed by atoms with E-state index in [1.165, 1.54) is 6.08 Å². The van der Waals surface area contributed by atoms with E-state index in [2.05, 4.69) is 52.9 Å². The van der Waals surface area contributed by atoms with Gasteiger partial charge in [0.25, 0.3) is 5.91 Å². The van der Waals surface area contributed by atoms with Gasteiger partial charge in [0.15, 0.2) is 0 Å². The third kappa shape index (κ3) is 10.5. The summed E-state index contributed by atoms with van der Waals surface area (Å²) in [4.78, 5) is 82.3. The SMILES string of the molecule is C#CCCC(NC(=O)C1[C@@H]2[C@H](CN1C(=O)C(NC(=O)NC(COC(=O)NCC(C)C)C(C)(C)C)C1(C)CCCCC1)C2(C)C)C(=O)C(=O)NCC=C. The van der Waals surface area contributed by atoms with E-state index in [9.17, 15) is 28.8 Å². The number of carbonyl (C=O) groups is 6. The molecule has 3 rings (SSSR count). The van der Waals surface area contributed by atoms with Crippen LogP contribution in [0.15, 0.2) is 12.7 Å². The summed E-state index contributed by atoms with van der Waals surface area (Å²) >= 11 is 0. The van der Waals surface area contributed by atoms with Crippen LogP contribution in [0, 0.1) is 46.3 Å². The second kappa shape index (κ2) is 17.6. The Hall–Kier alpha value is -4.08. The number of hydrogen-bond acceptors (Lipinski definition) is 7. The molecule has 1 saturated heterocycles. The number of rotatable bonds is 16. The van der Waals surface area contributed by atoms with Crippen molar-refractivity contribution in [2.75, 3.05) is 26.2 Å². The minimum Gasteiger partial charge on any atom is -0.447 e. The van der Waals surface area contributed by atoms with Crippen LogP contribution in [0.2, 0.25) is 0 Å². The van der Waals surface area contributed by atoms with Gasteiger partial charge in [-0.25, -0.2) is 9.59 Å². The second-order valence-corrected chi connectivity index (χ2v) is 17.1. The maximum atomic E-state index is 14.8. The van der Waals surface area contributed by atoms with Crippen molar-refractivity contribution in [3.8, 4) is 12.3 Å². The zero-order valence-electron chi connectivity index (χ0n) is 32.5. The average Bonchev–Trinajstić information content (AvgIpc) is 3.38. The molecule has 13 nitrogen and oxygen atoms in total. The maximum absolute atomic E-state index is 14.8. The lowest BCUT2D eigenvalue weighted by molar-refractivity contribution is -0.146. The zero-order valence-corrected chi connectivity index (χ0v) is 32.5. The summed E-state index contributed by atoms with van der Waals surface area (Å²) in [6.45, 7) is 20.2. The Morgan fingerprint density at radius 1 is 1.00 bits per heavy atom. The molecule has 4 unspecified atom stereocenters. The number of fused-ring (bicyclic) bond motifs is 1. The van der Waals surface area contributed by atoms with Crippen molar-refractivity contribution in [2.45, 2.75) is 125 Å². The fourth-order valence-corrected chi connectivity index (χ4v) is 7.66. The van der Waals surface area contributed by atoms with Crippen molar-refractivity contribution < 1.29 is 33.5 Å². The molecular weight excluding hydrogens is 664 g/mol. The number of Topliss-reactive ketones (excluding diaryl/α,β-unsaturated/α-hetero) is 1. The predicted octanol–water partition coefficient (Wildman–Crippen LogP) is 3.67. The van der Waals surface area contributed by atoms with Gasteiger partial charge in [0.05, 0.1) is 12.1 Å². The van der Waals surface area contributed by atoms with Crippen molar-refractivity contribution in [3.63, 3.8) is 0 Å². The topological polar surface area (TPSA) is 175 Å². The summed E-state index contributed by atoms with van der Waals surface area (Å²) in [5, 5.41) is 13.9. The largest absolute Gasteiger partial charge is 0.447 e. The number of hydrogen-bond donors (Lipinski definition) is 5. The normalized spacial score (nSPS) is 23.1. The molecule has 0 radical (unpaired) electrons. The smallest absolute Gasteiger partial charge is 0.407 e. The van der Waals surface area contributed by atoms with Gasteiger partial charge in [-0.2, -0.15) is 0 Å². The monoisotopic (exact) mass is 726 g/mol. The van der Waals surface area contributed by atoms with E-state index < -0.39 is 64.7 Å². The first kappa shape index (κ1) is 42.3. The Kier molecular flexibility index (Phi) is 14.3. The third-order valence-electron chi connectivity index (χ3n) is 11.2. The molecule has 6 atom stereocenters. The molecule has 0 spiro atoms. The number of ketones is 1. The minimum atomic E-state index is -1.18. The average molecular weight is 727 g/mol. The van der Waals surface area contributed by atoms with Crippen molar-refractivity contribution in [2.24, 2.45) is 34.0 Å². The van der Waals surface area contributed by atoms with E-state index in [0.717, 1.165) is 19.3 Å². The summed E-state index contributed by atoms with van der Waals surface area (Å²) in [5.41, 5.74) is -1.31. The molecule has 6 amide bonds. The van der Waals surface area contributed by atoms with Crippen LogP contribution >= 0.6 is 0 Å². The van der Waals surface area contributed by atoms with Gasteiger partial charge in [0, 0.05) is 26.1 Å². The Morgan fingerprint density at radius 3 is 2.23 bits per heavy atom. The quantitative estimate of drug-likeness (QED) is 0.0917. The van der Waals surface area contributed by atoms with Crippen LogP contribution in [0.3, 0.4) is 0 Å². The van der Waals surface area contributed by atoms with Crippen molar-refractivity contribution >= 4 is 35.6 Å². The second-order valence-electron chi connectivity index (χ2n) is 17.1. The van der Waals surface area contributed by atoms with Gasteiger partial charge in [-0.15, -0.1) is 18.9 Å². The van der Waals surface area contributed by atoms with Gasteiger partial charge in [-0.3, -0.25) is 19.2 Å². The van der Waals surface area contributed by atoms with E-state index in [-0.39, 0.29) is 55.1 Å². The number of carbonyl (C=O) groups excluding carboxylic acids is 6. The van der Waals surface area contributed by atoms with Crippen LogP contribution < -0.4 is 26.6 Å². The van der Waals surface area contributed by atoms with E-state index in [4.69, 9.17) is 11.2 Å². The first-order chi connectivity index (χ1) is 24.3. The highest BCUT2D eigenvalue weighted by atomic mass is 16.5. The summed E-state index contributed by atoms with van der Waals surface area (Å²) < 4.78 is 5.46. The van der Waals surface area contributed by atoms with Crippen LogP contribution in [0.4, 0.5) is 9.59 Å². The van der Waals surface area contributed by atoms with Crippen LogP contribution in [0.25, 0.3) is 0 Å². The lowest BCUT2D eigenvalue weighted by atomic mass is 9.70. The fourth-order valence-electron chi connectivity index (χ4n) is 7.66. The molecule has 1 aliphatic heterocycles. The number of nitrogens with zero attached hydrogens (tertiary/aromatic N) is 1. The summed E-state index contributed by atoms with van der Waals surface area (Å²) in [5.74, 6) is -0.00388. The molecule has 0 bridgehead atoms. The summed E-state index contributed by atoms with van der Waals surface area (Å²) in [7, 11) is 0. The highest BCUT2D eigenvalue weighted by Gasteiger charge is 2.70. The maximum Gasteiger partial charge on any atom is 0.407 e. The zero-order chi connectivity index (χ0) is 39.0. The highest BCUT2D eigenvalue weighted by Crippen LogP contribution is 2.65. The van der Waals surface area contributed by atoms with Crippen LogP contribution in [-0.4, -0.2) is 90.9 Å². The van der Waals surface area contributed by atoms with Gasteiger partial charge in [-0.1, -0.05) is 80.7 Å². The molecule has 13 heteroatoms. The number of amides is 6. The van der Waals surface area contributed by atoms with Gasteiger partial charge in [0.2, 0.25) is 17.6 Å². The molecule has 52 heavy (non-hydrogen) atoms. The van der Waals surface area contributed by atoms with Gasteiger partial charge >= 0.3 is 12.1 Å². The Morgan fingerprint density at radius 2 is 1.65 bits per heavy atom. The number of likely N-dealkylation sites (tertiary alicyclic amines) is 1. The van der Waals surface area contributed by atoms with Crippen LogP contribution in [0.1, 0.15) is 100 Å². The molecule has 0 aromatic heterocycles. The Labute approximate surface area is 309 Å². The number of nitrogens with one attached hydrogen (secondary N) is 5. The number of ether oxygens (including phenoxy) is 1. The first-order valence-electron chi connectivity index (χ1n) is 18.7. The van der Waals surface area contributed by atoms with Gasteiger partial charge in [-0.05, 0) is 53.3 Å². The fraction of sp³-hybridized carbons (Fsp3) is 0.744. The molecule has 290 valence electrons. The number of urea groups is 1. The molecule has 5 N–H and O–H groups in total. The Bertz CT molecular complexity index is 1390. The first-order valence-corrected chi connectivity index (χ1v) is 18.7. The third-order valence-corrected chi connectivity index (χ3v) is 11.2. The highest BCUT2D eigenvalue weighted by molar-refractivity contribution is 6.38. The predicted molar refractivity (Wildman–Crippen MR) is 199 cm³/mol. The van der Waals surface area contributed by atoms with E-state index in [1.807, 2.05) is 41.5 Å². The van der Waals surface area contributed by atoms with E-state index >= 15 is 0 Å².